The minimum atomic E-state index is -2.93. The molecule has 1 saturated heterocycles. The van der Waals surface area contributed by atoms with Crippen molar-refractivity contribution >= 4 is 21.8 Å². The van der Waals surface area contributed by atoms with Crippen molar-refractivity contribution in [1.29, 1.82) is 0 Å². The van der Waals surface area contributed by atoms with Crippen molar-refractivity contribution in [1.82, 2.24) is 0 Å². The summed E-state index contributed by atoms with van der Waals surface area (Å²) in [7, 11) is -1.70. The van der Waals surface area contributed by atoms with Gasteiger partial charge in [-0.3, -0.25) is 4.79 Å². The molecule has 1 aliphatic rings. The summed E-state index contributed by atoms with van der Waals surface area (Å²) in [4.78, 5) is 23.3. The zero-order valence-corrected chi connectivity index (χ0v) is 12.5. The van der Waals surface area contributed by atoms with E-state index in [1.54, 1.807) is 12.1 Å². The minimum Gasteiger partial charge on any atom is -0.468 e. The van der Waals surface area contributed by atoms with Crippen LogP contribution in [-0.4, -0.2) is 34.4 Å². The molecule has 0 aliphatic carbocycles. The van der Waals surface area contributed by atoms with Gasteiger partial charge >= 0.3 is 12.1 Å². The highest BCUT2D eigenvalue weighted by atomic mass is 32.2. The van der Waals surface area contributed by atoms with E-state index >= 15 is 0 Å². The standard InChI is InChI=1S/C14H17NO5S/c1-19-13(16)12-8-5-9-21(12,18)15-14(17)20-10-11-6-3-2-4-7-11/h2-4,6-7,12H,5,8-10H2,1H3. The van der Waals surface area contributed by atoms with Crippen LogP contribution in [0.5, 0.6) is 0 Å². The molecule has 1 aromatic carbocycles. The van der Waals surface area contributed by atoms with E-state index in [2.05, 4.69) is 9.10 Å². The quantitative estimate of drug-likeness (QED) is 0.799. The molecule has 0 bridgehead atoms. The number of carbonyl (C=O) groups excluding carboxylic acids is 2. The van der Waals surface area contributed by atoms with Gasteiger partial charge in [0, 0.05) is 5.75 Å². The first kappa shape index (κ1) is 15.5. The Hall–Kier alpha value is -1.89. The van der Waals surface area contributed by atoms with Crippen molar-refractivity contribution in [3.8, 4) is 0 Å². The first-order chi connectivity index (χ1) is 10.0. The zero-order chi connectivity index (χ0) is 15.3. The molecule has 0 radical (unpaired) electrons. The second-order valence-corrected chi connectivity index (χ2v) is 7.22. The van der Waals surface area contributed by atoms with Crippen LogP contribution in [0.25, 0.3) is 0 Å². The number of benzene rings is 1. The Morgan fingerprint density at radius 2 is 2.05 bits per heavy atom. The fourth-order valence-corrected chi connectivity index (χ4v) is 4.50. The van der Waals surface area contributed by atoms with Gasteiger partial charge in [0.2, 0.25) is 0 Å². The van der Waals surface area contributed by atoms with Crippen molar-refractivity contribution in [3.05, 3.63) is 35.9 Å². The largest absolute Gasteiger partial charge is 0.468 e. The van der Waals surface area contributed by atoms with Crippen LogP contribution in [0.3, 0.4) is 0 Å². The summed E-state index contributed by atoms with van der Waals surface area (Å²) in [6.45, 7) is 0.0571. The average Bonchev–Trinajstić information content (AvgIpc) is 2.87. The molecular weight excluding hydrogens is 294 g/mol. The topological polar surface area (TPSA) is 82.0 Å². The van der Waals surface area contributed by atoms with E-state index < -0.39 is 27.0 Å². The highest BCUT2D eigenvalue weighted by molar-refractivity contribution is 7.95. The molecule has 1 aliphatic heterocycles. The number of nitrogens with zero attached hydrogens (tertiary/aromatic N) is 1. The molecule has 0 aromatic heterocycles. The lowest BCUT2D eigenvalue weighted by Gasteiger charge is -2.10. The van der Waals surface area contributed by atoms with Crippen molar-refractivity contribution in [2.75, 3.05) is 12.9 Å². The molecule has 21 heavy (non-hydrogen) atoms. The maximum absolute atomic E-state index is 12.6. The van der Waals surface area contributed by atoms with Crippen LogP contribution in [0, 0.1) is 0 Å². The Morgan fingerprint density at radius 3 is 2.71 bits per heavy atom. The molecule has 2 atom stereocenters. The third-order valence-corrected chi connectivity index (χ3v) is 5.90. The fraction of sp³-hybridized carbons (Fsp3) is 0.429. The van der Waals surface area contributed by atoms with Gasteiger partial charge in [0.1, 0.15) is 11.9 Å². The van der Waals surface area contributed by atoms with Gasteiger partial charge < -0.3 is 9.47 Å². The molecule has 1 amide bonds. The summed E-state index contributed by atoms with van der Waals surface area (Å²) in [5.74, 6) is -0.371. The first-order valence-corrected chi connectivity index (χ1v) is 8.32. The highest BCUT2D eigenvalue weighted by Crippen LogP contribution is 2.24. The number of hydrogen-bond donors (Lipinski definition) is 0. The molecule has 7 heteroatoms. The second kappa shape index (κ2) is 6.71. The number of methoxy groups -OCH3 is 1. The maximum Gasteiger partial charge on any atom is 0.442 e. The molecule has 1 heterocycles. The number of rotatable bonds is 3. The smallest absolute Gasteiger partial charge is 0.442 e. The predicted molar refractivity (Wildman–Crippen MR) is 77.1 cm³/mol. The summed E-state index contributed by atoms with van der Waals surface area (Å²) >= 11 is 0. The Bertz CT molecular complexity index is 634. The summed E-state index contributed by atoms with van der Waals surface area (Å²) in [6.07, 6.45) is 0.0920. The SMILES string of the molecule is COC(=O)C1CCCS1(=O)=NC(=O)OCc1ccccc1. The highest BCUT2D eigenvalue weighted by Gasteiger charge is 2.37. The fourth-order valence-electron chi connectivity index (χ4n) is 2.18. The predicted octanol–water partition coefficient (Wildman–Crippen LogP) is 2.13. The Labute approximate surface area is 123 Å². The van der Waals surface area contributed by atoms with Gasteiger partial charge in [-0.25, -0.2) is 9.00 Å². The Morgan fingerprint density at radius 1 is 1.33 bits per heavy atom. The van der Waals surface area contributed by atoms with Gasteiger partial charge in [0.05, 0.1) is 16.8 Å². The van der Waals surface area contributed by atoms with Crippen LogP contribution >= 0.6 is 0 Å². The number of hydrogen-bond acceptors (Lipinski definition) is 5. The van der Waals surface area contributed by atoms with E-state index in [1.807, 2.05) is 18.2 Å². The van der Waals surface area contributed by atoms with E-state index in [1.165, 1.54) is 7.11 Å². The van der Waals surface area contributed by atoms with E-state index in [0.717, 1.165) is 5.56 Å². The second-order valence-electron chi connectivity index (χ2n) is 4.68. The lowest BCUT2D eigenvalue weighted by molar-refractivity contribution is -0.140. The van der Waals surface area contributed by atoms with Crippen molar-refractivity contribution < 1.29 is 23.3 Å². The van der Waals surface area contributed by atoms with Crippen LogP contribution in [-0.2, 0) is 30.6 Å². The molecule has 0 spiro atoms. The van der Waals surface area contributed by atoms with Crippen LogP contribution in [0.1, 0.15) is 18.4 Å². The number of ether oxygens (including phenoxy) is 2. The molecule has 0 N–H and O–H groups in total. The van der Waals surface area contributed by atoms with Crippen LogP contribution in [0.15, 0.2) is 34.7 Å². The average molecular weight is 311 g/mol. The Balaban J connectivity index is 2.05. The van der Waals surface area contributed by atoms with E-state index in [4.69, 9.17) is 4.74 Å². The van der Waals surface area contributed by atoms with E-state index in [9.17, 15) is 13.8 Å². The molecule has 114 valence electrons. The number of esters is 1. The third kappa shape index (κ3) is 3.81. The minimum absolute atomic E-state index is 0.0571. The molecule has 2 rings (SSSR count). The third-order valence-electron chi connectivity index (χ3n) is 3.25. The molecule has 2 unspecified atom stereocenters. The molecule has 6 nitrogen and oxygen atoms in total. The molecule has 1 aromatic rings. The number of amides is 1. The zero-order valence-electron chi connectivity index (χ0n) is 11.7. The Kier molecular flexibility index (Phi) is 4.95. The van der Waals surface area contributed by atoms with Gasteiger partial charge in [-0.05, 0) is 18.4 Å². The van der Waals surface area contributed by atoms with Crippen molar-refractivity contribution in [3.63, 3.8) is 0 Å². The van der Waals surface area contributed by atoms with Crippen LogP contribution in [0.4, 0.5) is 4.79 Å². The lowest BCUT2D eigenvalue weighted by atomic mass is 10.2. The summed E-state index contributed by atoms with van der Waals surface area (Å²) in [5.41, 5.74) is 0.812. The summed E-state index contributed by atoms with van der Waals surface area (Å²) in [6, 6.07) is 9.11. The summed E-state index contributed by atoms with van der Waals surface area (Å²) < 4.78 is 25.8. The number of carbonyl (C=O) groups is 2. The van der Waals surface area contributed by atoms with Crippen LogP contribution in [0.2, 0.25) is 0 Å². The van der Waals surface area contributed by atoms with Gasteiger partial charge in [-0.2, -0.15) is 0 Å². The van der Waals surface area contributed by atoms with E-state index in [0.29, 0.717) is 12.8 Å². The summed E-state index contributed by atoms with van der Waals surface area (Å²) in [5, 5.41) is -0.841. The van der Waals surface area contributed by atoms with Gasteiger partial charge in [0.15, 0.2) is 0 Å². The van der Waals surface area contributed by atoms with Crippen LogP contribution < -0.4 is 0 Å². The lowest BCUT2D eigenvalue weighted by Crippen LogP contribution is -2.28. The molecule has 1 fully saturated rings. The van der Waals surface area contributed by atoms with Crippen molar-refractivity contribution in [2.24, 2.45) is 4.36 Å². The van der Waals surface area contributed by atoms with Gasteiger partial charge in [-0.15, -0.1) is 4.36 Å². The van der Waals surface area contributed by atoms with Gasteiger partial charge in [-0.1, -0.05) is 30.3 Å². The van der Waals surface area contributed by atoms with Crippen molar-refractivity contribution in [2.45, 2.75) is 24.7 Å². The normalized spacial score (nSPS) is 24.3. The molecule has 0 saturated carbocycles. The van der Waals surface area contributed by atoms with E-state index in [-0.39, 0.29) is 12.4 Å². The van der Waals surface area contributed by atoms with Gasteiger partial charge in [0.25, 0.3) is 0 Å². The monoisotopic (exact) mass is 311 g/mol. The first-order valence-electron chi connectivity index (χ1n) is 6.57. The molecular formula is C14H17NO5S. The maximum atomic E-state index is 12.6.